The Morgan fingerprint density at radius 3 is 2.94 bits per heavy atom. The molecule has 1 aliphatic heterocycles. The highest BCUT2D eigenvalue weighted by molar-refractivity contribution is 5.34. The first-order valence-electron chi connectivity index (χ1n) is 6.69. The Kier molecular flexibility index (Phi) is 3.72. The van der Waals surface area contributed by atoms with Crippen molar-refractivity contribution < 1.29 is 5.11 Å². The second kappa shape index (κ2) is 5.09. The van der Waals surface area contributed by atoms with Gasteiger partial charge in [0.1, 0.15) is 5.75 Å². The number of phenols is 1. The van der Waals surface area contributed by atoms with Crippen LogP contribution in [0.25, 0.3) is 0 Å². The summed E-state index contributed by atoms with van der Waals surface area (Å²) < 4.78 is 0. The van der Waals surface area contributed by atoms with Crippen molar-refractivity contribution in [2.24, 2.45) is 5.92 Å². The summed E-state index contributed by atoms with van der Waals surface area (Å²) >= 11 is 0. The van der Waals surface area contributed by atoms with Gasteiger partial charge in [-0.05, 0) is 49.5 Å². The third kappa shape index (κ3) is 2.32. The van der Waals surface area contributed by atoms with Crippen LogP contribution in [0.3, 0.4) is 0 Å². The van der Waals surface area contributed by atoms with Crippen LogP contribution in [0.5, 0.6) is 5.75 Å². The highest BCUT2D eigenvalue weighted by atomic mass is 16.3. The monoisotopic (exact) mass is 233 g/mol. The molecule has 0 saturated carbocycles. The van der Waals surface area contributed by atoms with Gasteiger partial charge in [-0.1, -0.05) is 32.4 Å². The summed E-state index contributed by atoms with van der Waals surface area (Å²) in [5.41, 5.74) is 1.56. The van der Waals surface area contributed by atoms with E-state index >= 15 is 0 Å². The standard InChI is InChI=1S/C15H23NO/c1-3-7-15(8-9-16-11-12(15)2)13-5-4-6-14(17)10-13/h4-6,10,12,16-17H,3,7-9,11H2,1-2H3/t12-,15+/m0/s1. The smallest absolute Gasteiger partial charge is 0.115 e. The third-order valence-electron chi connectivity index (χ3n) is 4.26. The summed E-state index contributed by atoms with van der Waals surface area (Å²) in [6.07, 6.45) is 3.57. The lowest BCUT2D eigenvalue weighted by Gasteiger charge is -2.44. The van der Waals surface area contributed by atoms with Gasteiger partial charge < -0.3 is 10.4 Å². The van der Waals surface area contributed by atoms with Crippen LogP contribution in [-0.4, -0.2) is 18.2 Å². The van der Waals surface area contributed by atoms with Crippen LogP contribution < -0.4 is 5.32 Å². The van der Waals surface area contributed by atoms with E-state index in [1.54, 1.807) is 6.07 Å². The number of hydrogen-bond donors (Lipinski definition) is 2. The maximum Gasteiger partial charge on any atom is 0.115 e. The van der Waals surface area contributed by atoms with Crippen LogP contribution in [0.1, 0.15) is 38.7 Å². The maximum atomic E-state index is 9.70. The number of rotatable bonds is 3. The van der Waals surface area contributed by atoms with Crippen molar-refractivity contribution in [1.29, 1.82) is 0 Å². The fourth-order valence-electron chi connectivity index (χ4n) is 3.28. The fourth-order valence-corrected chi connectivity index (χ4v) is 3.28. The number of hydrogen-bond acceptors (Lipinski definition) is 2. The number of piperidine rings is 1. The highest BCUT2D eigenvalue weighted by Crippen LogP contribution is 2.42. The van der Waals surface area contributed by atoms with Crippen LogP contribution in [0, 0.1) is 5.92 Å². The van der Waals surface area contributed by atoms with Gasteiger partial charge in [-0.2, -0.15) is 0 Å². The zero-order valence-corrected chi connectivity index (χ0v) is 10.9. The van der Waals surface area contributed by atoms with Gasteiger partial charge in [0, 0.05) is 5.41 Å². The molecular formula is C15H23NO. The van der Waals surface area contributed by atoms with Crippen molar-refractivity contribution in [3.05, 3.63) is 29.8 Å². The summed E-state index contributed by atoms with van der Waals surface area (Å²) in [5, 5.41) is 13.2. The van der Waals surface area contributed by atoms with E-state index < -0.39 is 0 Å². The second-order valence-corrected chi connectivity index (χ2v) is 5.31. The average Bonchev–Trinajstić information content (AvgIpc) is 2.32. The minimum Gasteiger partial charge on any atom is -0.508 e. The third-order valence-corrected chi connectivity index (χ3v) is 4.26. The van der Waals surface area contributed by atoms with Crippen molar-refractivity contribution in [2.45, 2.75) is 38.5 Å². The van der Waals surface area contributed by atoms with Gasteiger partial charge in [0.25, 0.3) is 0 Å². The fraction of sp³-hybridized carbons (Fsp3) is 0.600. The van der Waals surface area contributed by atoms with Crippen molar-refractivity contribution in [3.63, 3.8) is 0 Å². The largest absolute Gasteiger partial charge is 0.508 e. The molecule has 0 aromatic heterocycles. The van der Waals surface area contributed by atoms with Gasteiger partial charge in [-0.25, -0.2) is 0 Å². The number of phenolic OH excluding ortho intramolecular Hbond substituents is 1. The molecule has 1 saturated heterocycles. The number of aromatic hydroxyl groups is 1. The lowest BCUT2D eigenvalue weighted by Crippen LogP contribution is -2.46. The molecule has 1 fully saturated rings. The minimum absolute atomic E-state index is 0.249. The Bertz CT molecular complexity index is 373. The molecule has 2 nitrogen and oxygen atoms in total. The van der Waals surface area contributed by atoms with Crippen LogP contribution >= 0.6 is 0 Å². The van der Waals surface area contributed by atoms with E-state index in [4.69, 9.17) is 0 Å². The van der Waals surface area contributed by atoms with Gasteiger partial charge in [-0.3, -0.25) is 0 Å². The molecule has 2 rings (SSSR count). The summed E-state index contributed by atoms with van der Waals surface area (Å²) in [6.45, 7) is 6.74. The van der Waals surface area contributed by atoms with Gasteiger partial charge in [0.2, 0.25) is 0 Å². The van der Waals surface area contributed by atoms with Gasteiger partial charge in [0.05, 0.1) is 0 Å². The van der Waals surface area contributed by atoms with Gasteiger partial charge in [0.15, 0.2) is 0 Å². The Morgan fingerprint density at radius 2 is 2.29 bits per heavy atom. The van der Waals surface area contributed by atoms with E-state index in [1.165, 1.54) is 24.8 Å². The Balaban J connectivity index is 2.39. The van der Waals surface area contributed by atoms with E-state index in [0.717, 1.165) is 13.1 Å². The molecule has 0 unspecified atom stereocenters. The van der Waals surface area contributed by atoms with E-state index in [-0.39, 0.29) is 5.41 Å². The molecule has 1 aromatic rings. The normalized spacial score (nSPS) is 29.2. The second-order valence-electron chi connectivity index (χ2n) is 5.31. The Morgan fingerprint density at radius 1 is 1.47 bits per heavy atom. The van der Waals surface area contributed by atoms with Gasteiger partial charge >= 0.3 is 0 Å². The predicted octanol–water partition coefficient (Wildman–Crippen LogP) is 3.06. The molecule has 0 bridgehead atoms. The number of benzene rings is 1. The number of nitrogens with one attached hydrogen (secondary N) is 1. The maximum absolute atomic E-state index is 9.70. The Hall–Kier alpha value is -1.02. The molecular weight excluding hydrogens is 210 g/mol. The molecule has 0 spiro atoms. The molecule has 1 aromatic carbocycles. The zero-order valence-electron chi connectivity index (χ0n) is 10.9. The SMILES string of the molecule is CCC[C@@]1(c2cccc(O)c2)CCNC[C@@H]1C. The highest BCUT2D eigenvalue weighted by Gasteiger charge is 2.38. The van der Waals surface area contributed by atoms with E-state index in [1.807, 2.05) is 12.1 Å². The van der Waals surface area contributed by atoms with Crippen LogP contribution in [-0.2, 0) is 5.41 Å². The van der Waals surface area contributed by atoms with Crippen LogP contribution in [0.2, 0.25) is 0 Å². The first-order chi connectivity index (χ1) is 8.19. The average molecular weight is 233 g/mol. The molecule has 2 N–H and O–H groups in total. The molecule has 1 aliphatic rings. The molecule has 17 heavy (non-hydrogen) atoms. The summed E-state index contributed by atoms with van der Waals surface area (Å²) in [6, 6.07) is 7.86. The molecule has 0 amide bonds. The first-order valence-corrected chi connectivity index (χ1v) is 6.69. The van der Waals surface area contributed by atoms with Crippen LogP contribution in [0.4, 0.5) is 0 Å². The van der Waals surface area contributed by atoms with Crippen molar-refractivity contribution in [3.8, 4) is 5.75 Å². The summed E-state index contributed by atoms with van der Waals surface area (Å²) in [4.78, 5) is 0. The Labute approximate surface area is 104 Å². The minimum atomic E-state index is 0.249. The first kappa shape index (κ1) is 12.4. The molecule has 2 atom stereocenters. The van der Waals surface area contributed by atoms with Crippen molar-refractivity contribution in [2.75, 3.05) is 13.1 Å². The summed E-state index contributed by atoms with van der Waals surface area (Å²) in [7, 11) is 0. The molecule has 2 heteroatoms. The molecule has 94 valence electrons. The lowest BCUT2D eigenvalue weighted by molar-refractivity contribution is 0.199. The molecule has 0 radical (unpaired) electrons. The van der Waals surface area contributed by atoms with Crippen molar-refractivity contribution >= 4 is 0 Å². The quantitative estimate of drug-likeness (QED) is 0.841. The summed E-state index contributed by atoms with van der Waals surface area (Å²) in [5.74, 6) is 1.02. The van der Waals surface area contributed by atoms with Gasteiger partial charge in [-0.15, -0.1) is 0 Å². The lowest BCUT2D eigenvalue weighted by atomic mass is 9.64. The molecule has 1 heterocycles. The van der Waals surface area contributed by atoms with E-state index in [2.05, 4.69) is 25.2 Å². The molecule has 0 aliphatic carbocycles. The van der Waals surface area contributed by atoms with E-state index in [0.29, 0.717) is 11.7 Å². The van der Waals surface area contributed by atoms with Crippen LogP contribution in [0.15, 0.2) is 24.3 Å². The topological polar surface area (TPSA) is 32.3 Å². The van der Waals surface area contributed by atoms with E-state index in [9.17, 15) is 5.11 Å². The van der Waals surface area contributed by atoms with Crippen molar-refractivity contribution in [1.82, 2.24) is 5.32 Å². The predicted molar refractivity (Wildman–Crippen MR) is 71.3 cm³/mol. The zero-order chi connectivity index (χ0) is 12.3.